The summed E-state index contributed by atoms with van der Waals surface area (Å²) >= 11 is 5.51. The van der Waals surface area contributed by atoms with Gasteiger partial charge in [0, 0.05) is 25.7 Å². The minimum atomic E-state index is -0.0171. The highest BCUT2D eigenvalue weighted by Crippen LogP contribution is 2.08. The Kier molecular flexibility index (Phi) is 3.75. The van der Waals surface area contributed by atoms with E-state index >= 15 is 0 Å². The number of hydrogen-bond donors (Lipinski definition) is 1. The van der Waals surface area contributed by atoms with E-state index in [0.29, 0.717) is 6.54 Å². The van der Waals surface area contributed by atoms with Crippen LogP contribution in [-0.2, 0) is 4.79 Å². The summed E-state index contributed by atoms with van der Waals surface area (Å²) in [7, 11) is 1.83. The Labute approximate surface area is 83.7 Å². The third-order valence-electron chi connectivity index (χ3n) is 2.24. The highest BCUT2D eigenvalue weighted by Gasteiger charge is 2.27. The van der Waals surface area contributed by atoms with Crippen LogP contribution in [0.3, 0.4) is 0 Å². The molecule has 0 saturated carbocycles. The molecule has 13 heavy (non-hydrogen) atoms. The van der Waals surface area contributed by atoms with Crippen molar-refractivity contribution >= 4 is 17.5 Å². The van der Waals surface area contributed by atoms with Crippen LogP contribution < -0.4 is 5.32 Å². The van der Waals surface area contributed by atoms with Gasteiger partial charge >= 0.3 is 0 Å². The molecule has 4 heteroatoms. The first kappa shape index (κ1) is 10.5. The largest absolute Gasteiger partial charge is 0.344 e. The maximum Gasteiger partial charge on any atom is 0.239 e. The molecule has 0 spiro atoms. The molecule has 1 unspecified atom stereocenters. The molecular weight excluding hydrogens is 188 g/mol. The van der Waals surface area contributed by atoms with Crippen molar-refractivity contribution in [2.75, 3.05) is 20.1 Å². The lowest BCUT2D eigenvalue weighted by atomic mass is 10.2. The van der Waals surface area contributed by atoms with Crippen molar-refractivity contribution in [2.45, 2.75) is 19.4 Å². The first-order valence-electron chi connectivity index (χ1n) is 4.39. The van der Waals surface area contributed by atoms with E-state index in [4.69, 9.17) is 11.6 Å². The fraction of sp³-hybridized carbons (Fsp3) is 0.667. The second kappa shape index (κ2) is 4.63. The minimum Gasteiger partial charge on any atom is -0.344 e. The van der Waals surface area contributed by atoms with Crippen LogP contribution in [0, 0.1) is 0 Å². The van der Waals surface area contributed by atoms with Gasteiger partial charge in [-0.25, -0.2) is 0 Å². The Morgan fingerprint density at radius 2 is 2.54 bits per heavy atom. The summed E-state index contributed by atoms with van der Waals surface area (Å²) in [4.78, 5) is 13.2. The van der Waals surface area contributed by atoms with Gasteiger partial charge in [0.05, 0.1) is 6.04 Å². The molecule has 1 amide bonds. The van der Waals surface area contributed by atoms with Crippen molar-refractivity contribution in [3.05, 3.63) is 11.1 Å². The number of likely N-dealkylation sites (tertiary alicyclic amines) is 1. The topological polar surface area (TPSA) is 32.3 Å². The van der Waals surface area contributed by atoms with Gasteiger partial charge in [-0.15, -0.1) is 0 Å². The Bertz CT molecular complexity index is 228. The molecule has 0 radical (unpaired) electrons. The summed E-state index contributed by atoms with van der Waals surface area (Å²) < 4.78 is 0. The first-order valence-corrected chi connectivity index (χ1v) is 4.83. The molecule has 1 N–H and O–H groups in total. The smallest absolute Gasteiger partial charge is 0.239 e. The quantitative estimate of drug-likeness (QED) is 0.739. The Hall–Kier alpha value is -0.540. The SMILES string of the molecule is CC(=CCl)CNC1CCN(C)C1=O. The normalized spacial score (nSPS) is 24.2. The average Bonchev–Trinajstić information content (AvgIpc) is 2.44. The van der Waals surface area contributed by atoms with Crippen molar-refractivity contribution in [2.24, 2.45) is 0 Å². The van der Waals surface area contributed by atoms with Gasteiger partial charge in [-0.2, -0.15) is 0 Å². The third-order valence-corrected chi connectivity index (χ3v) is 2.61. The number of carbonyl (C=O) groups is 1. The van der Waals surface area contributed by atoms with Crippen LogP contribution in [0.5, 0.6) is 0 Å². The molecular formula is C9H15ClN2O. The van der Waals surface area contributed by atoms with Gasteiger partial charge < -0.3 is 10.2 Å². The maximum absolute atomic E-state index is 11.4. The molecule has 1 fully saturated rings. The van der Waals surface area contributed by atoms with Crippen molar-refractivity contribution < 1.29 is 4.79 Å². The fourth-order valence-electron chi connectivity index (χ4n) is 1.33. The molecule has 0 aromatic heterocycles. The van der Waals surface area contributed by atoms with Crippen LogP contribution in [0.1, 0.15) is 13.3 Å². The number of carbonyl (C=O) groups excluding carboxylic acids is 1. The zero-order valence-electron chi connectivity index (χ0n) is 8.01. The van der Waals surface area contributed by atoms with Crippen LogP contribution >= 0.6 is 11.6 Å². The van der Waals surface area contributed by atoms with E-state index in [1.165, 1.54) is 5.54 Å². The van der Waals surface area contributed by atoms with Crippen LogP contribution in [0.15, 0.2) is 11.1 Å². The number of amides is 1. The fourth-order valence-corrected chi connectivity index (χ4v) is 1.41. The van der Waals surface area contributed by atoms with Crippen molar-refractivity contribution in [1.29, 1.82) is 0 Å². The molecule has 1 atom stereocenters. The van der Waals surface area contributed by atoms with Gasteiger partial charge in [0.15, 0.2) is 0 Å². The standard InChI is InChI=1S/C9H15ClN2O/c1-7(5-10)6-11-8-3-4-12(2)9(8)13/h5,8,11H,3-4,6H2,1-2H3. The van der Waals surface area contributed by atoms with E-state index in [0.717, 1.165) is 18.5 Å². The molecule has 1 rings (SSSR count). The lowest BCUT2D eigenvalue weighted by Gasteiger charge is -2.11. The molecule has 1 saturated heterocycles. The van der Waals surface area contributed by atoms with Gasteiger partial charge in [-0.1, -0.05) is 11.6 Å². The molecule has 0 aromatic carbocycles. The van der Waals surface area contributed by atoms with Gasteiger partial charge in [-0.05, 0) is 18.9 Å². The van der Waals surface area contributed by atoms with E-state index in [1.54, 1.807) is 4.90 Å². The summed E-state index contributed by atoms with van der Waals surface area (Å²) in [6.45, 7) is 3.47. The van der Waals surface area contributed by atoms with Gasteiger partial charge in [0.25, 0.3) is 0 Å². The minimum absolute atomic E-state index is 0.0171. The number of nitrogens with one attached hydrogen (secondary N) is 1. The molecule has 0 aromatic rings. The van der Waals surface area contributed by atoms with Crippen LogP contribution in [0.25, 0.3) is 0 Å². The number of nitrogens with zero attached hydrogens (tertiary/aromatic N) is 1. The van der Waals surface area contributed by atoms with Crippen molar-refractivity contribution in [1.82, 2.24) is 10.2 Å². The van der Waals surface area contributed by atoms with Gasteiger partial charge in [-0.3, -0.25) is 4.79 Å². The second-order valence-electron chi connectivity index (χ2n) is 3.44. The number of rotatable bonds is 3. The molecule has 0 aliphatic carbocycles. The van der Waals surface area contributed by atoms with Crippen LogP contribution in [0.4, 0.5) is 0 Å². The van der Waals surface area contributed by atoms with Gasteiger partial charge in [0.2, 0.25) is 5.91 Å². The number of halogens is 1. The van der Waals surface area contributed by atoms with E-state index in [1.807, 2.05) is 14.0 Å². The predicted octanol–water partition coefficient (Wildman–Crippen LogP) is 0.949. The van der Waals surface area contributed by atoms with Gasteiger partial charge in [0.1, 0.15) is 0 Å². The van der Waals surface area contributed by atoms with E-state index in [9.17, 15) is 4.79 Å². The maximum atomic E-state index is 11.4. The Morgan fingerprint density at radius 3 is 3.00 bits per heavy atom. The van der Waals surface area contributed by atoms with E-state index < -0.39 is 0 Å². The molecule has 3 nitrogen and oxygen atoms in total. The molecule has 1 aliphatic rings. The number of likely N-dealkylation sites (N-methyl/N-ethyl adjacent to an activating group) is 1. The van der Waals surface area contributed by atoms with Crippen LogP contribution in [-0.4, -0.2) is 37.0 Å². The van der Waals surface area contributed by atoms with Crippen molar-refractivity contribution in [3.63, 3.8) is 0 Å². The summed E-state index contributed by atoms with van der Waals surface area (Å²) in [5.41, 5.74) is 2.58. The zero-order valence-corrected chi connectivity index (χ0v) is 8.77. The zero-order chi connectivity index (χ0) is 9.84. The summed E-state index contributed by atoms with van der Waals surface area (Å²) in [6, 6.07) is -0.0171. The summed E-state index contributed by atoms with van der Waals surface area (Å²) in [6.07, 6.45) is 0.894. The molecule has 74 valence electrons. The average molecular weight is 203 g/mol. The van der Waals surface area contributed by atoms with E-state index in [2.05, 4.69) is 5.32 Å². The lowest BCUT2D eigenvalue weighted by molar-refractivity contribution is -0.128. The summed E-state index contributed by atoms with van der Waals surface area (Å²) in [5, 5.41) is 3.17. The monoisotopic (exact) mass is 202 g/mol. The van der Waals surface area contributed by atoms with E-state index in [-0.39, 0.29) is 11.9 Å². The predicted molar refractivity (Wildman–Crippen MR) is 53.7 cm³/mol. The second-order valence-corrected chi connectivity index (χ2v) is 3.66. The Morgan fingerprint density at radius 1 is 1.85 bits per heavy atom. The number of hydrogen-bond acceptors (Lipinski definition) is 2. The summed E-state index contributed by atoms with van der Waals surface area (Å²) in [5.74, 6) is 0.183. The van der Waals surface area contributed by atoms with Crippen LogP contribution in [0.2, 0.25) is 0 Å². The molecule has 0 bridgehead atoms. The van der Waals surface area contributed by atoms with Crippen molar-refractivity contribution in [3.8, 4) is 0 Å². The Balaban J connectivity index is 2.35. The lowest BCUT2D eigenvalue weighted by Crippen LogP contribution is -2.37. The third kappa shape index (κ3) is 2.71. The molecule has 1 aliphatic heterocycles. The first-order chi connectivity index (χ1) is 6.15. The highest BCUT2D eigenvalue weighted by atomic mass is 35.5. The highest BCUT2D eigenvalue weighted by molar-refractivity contribution is 6.25. The molecule has 1 heterocycles.